The van der Waals surface area contributed by atoms with E-state index >= 15 is 0 Å². The van der Waals surface area contributed by atoms with Crippen LogP contribution in [0.4, 0.5) is 0 Å². The molecule has 0 bridgehead atoms. The third-order valence-corrected chi connectivity index (χ3v) is 1.59. The highest BCUT2D eigenvalue weighted by Gasteiger charge is 1.99. The van der Waals surface area contributed by atoms with E-state index in [0.717, 1.165) is 6.42 Å². The van der Waals surface area contributed by atoms with Gasteiger partial charge in [-0.1, -0.05) is 6.92 Å². The molecule has 80 valence electrons. The molecule has 0 amide bonds. The van der Waals surface area contributed by atoms with Gasteiger partial charge in [0.25, 0.3) is 0 Å². The lowest BCUT2D eigenvalue weighted by molar-refractivity contribution is -0.00596. The van der Waals surface area contributed by atoms with Crippen molar-refractivity contribution in [2.24, 2.45) is 0 Å². The van der Waals surface area contributed by atoms with Gasteiger partial charge in [0, 0.05) is 7.11 Å². The normalized spacial score (nSPS) is 13.2. The van der Waals surface area contributed by atoms with Crippen LogP contribution >= 0.6 is 0 Å². The van der Waals surface area contributed by atoms with E-state index in [1.54, 1.807) is 7.11 Å². The van der Waals surface area contributed by atoms with Crippen LogP contribution in [0.15, 0.2) is 0 Å². The molecular formula is C9H20O4. The fourth-order valence-corrected chi connectivity index (χ4v) is 0.699. The summed E-state index contributed by atoms with van der Waals surface area (Å²) in [4.78, 5) is 0. The van der Waals surface area contributed by atoms with E-state index in [1.807, 2.05) is 6.92 Å². The fraction of sp³-hybridized carbons (Fsp3) is 1.00. The number of hydrogen-bond acceptors (Lipinski definition) is 4. The highest BCUT2D eigenvalue weighted by atomic mass is 16.5. The number of aliphatic hydroxyl groups is 1. The molecule has 0 spiro atoms. The predicted octanol–water partition coefficient (Wildman–Crippen LogP) is 0.437. The van der Waals surface area contributed by atoms with Crippen LogP contribution in [0.2, 0.25) is 0 Å². The lowest BCUT2D eigenvalue weighted by Gasteiger charge is -2.08. The van der Waals surface area contributed by atoms with Crippen molar-refractivity contribution in [2.45, 2.75) is 19.4 Å². The van der Waals surface area contributed by atoms with Crippen molar-refractivity contribution in [3.05, 3.63) is 0 Å². The van der Waals surface area contributed by atoms with Gasteiger partial charge >= 0.3 is 0 Å². The summed E-state index contributed by atoms with van der Waals surface area (Å²) < 4.78 is 15.1. The molecule has 0 aliphatic rings. The Morgan fingerprint density at radius 2 is 1.69 bits per heavy atom. The highest BCUT2D eigenvalue weighted by molar-refractivity contribution is 4.47. The summed E-state index contributed by atoms with van der Waals surface area (Å²) in [6.45, 7) is 4.60. The second-order valence-electron chi connectivity index (χ2n) is 2.74. The summed E-state index contributed by atoms with van der Waals surface area (Å²) in [6, 6.07) is 0. The first-order valence-electron chi connectivity index (χ1n) is 4.63. The van der Waals surface area contributed by atoms with E-state index in [0.29, 0.717) is 33.0 Å². The van der Waals surface area contributed by atoms with Crippen LogP contribution in [-0.2, 0) is 14.2 Å². The monoisotopic (exact) mass is 192 g/mol. The van der Waals surface area contributed by atoms with Gasteiger partial charge in [0.2, 0.25) is 0 Å². The maximum Gasteiger partial charge on any atom is 0.0771 e. The first kappa shape index (κ1) is 12.8. The highest BCUT2D eigenvalue weighted by Crippen LogP contribution is 1.90. The first-order chi connectivity index (χ1) is 6.31. The summed E-state index contributed by atoms with van der Waals surface area (Å²) in [5.74, 6) is 0. The molecule has 4 heteroatoms. The van der Waals surface area contributed by atoms with Crippen LogP contribution in [0.25, 0.3) is 0 Å². The maximum atomic E-state index is 9.11. The summed E-state index contributed by atoms with van der Waals surface area (Å²) in [6.07, 6.45) is 0.379. The van der Waals surface area contributed by atoms with Gasteiger partial charge in [-0.05, 0) is 6.42 Å². The van der Waals surface area contributed by atoms with Crippen molar-refractivity contribution in [1.29, 1.82) is 0 Å². The largest absolute Gasteiger partial charge is 0.391 e. The van der Waals surface area contributed by atoms with Gasteiger partial charge in [-0.25, -0.2) is 0 Å². The van der Waals surface area contributed by atoms with Crippen LogP contribution < -0.4 is 0 Å². The third-order valence-electron chi connectivity index (χ3n) is 1.59. The molecule has 0 aliphatic heterocycles. The molecule has 1 atom stereocenters. The minimum Gasteiger partial charge on any atom is -0.391 e. The van der Waals surface area contributed by atoms with Crippen molar-refractivity contribution in [1.82, 2.24) is 0 Å². The lowest BCUT2D eigenvalue weighted by atomic mass is 10.3. The van der Waals surface area contributed by atoms with E-state index in [9.17, 15) is 0 Å². The molecule has 0 aromatic heterocycles. The van der Waals surface area contributed by atoms with Gasteiger partial charge in [0.1, 0.15) is 0 Å². The van der Waals surface area contributed by atoms with Crippen molar-refractivity contribution >= 4 is 0 Å². The molecule has 0 aliphatic carbocycles. The molecular weight excluding hydrogens is 172 g/mol. The summed E-state index contributed by atoms with van der Waals surface area (Å²) in [5.41, 5.74) is 0. The molecule has 4 nitrogen and oxygen atoms in total. The minimum atomic E-state index is -0.348. The minimum absolute atomic E-state index is 0.348. The Balaban J connectivity index is 2.91. The topological polar surface area (TPSA) is 47.9 Å². The Hall–Kier alpha value is -0.160. The van der Waals surface area contributed by atoms with Crippen LogP contribution in [0.5, 0.6) is 0 Å². The molecule has 0 aromatic rings. The molecule has 0 rings (SSSR count). The molecule has 0 saturated heterocycles. The smallest absolute Gasteiger partial charge is 0.0771 e. The Morgan fingerprint density at radius 1 is 1.08 bits per heavy atom. The predicted molar refractivity (Wildman–Crippen MR) is 49.8 cm³/mol. The number of methoxy groups -OCH3 is 1. The van der Waals surface area contributed by atoms with E-state index < -0.39 is 0 Å². The van der Waals surface area contributed by atoms with E-state index in [1.165, 1.54) is 0 Å². The zero-order valence-electron chi connectivity index (χ0n) is 8.49. The molecule has 0 saturated carbocycles. The van der Waals surface area contributed by atoms with Crippen molar-refractivity contribution in [2.75, 3.05) is 40.1 Å². The van der Waals surface area contributed by atoms with Gasteiger partial charge < -0.3 is 19.3 Å². The summed E-state index contributed by atoms with van der Waals surface area (Å²) in [7, 11) is 1.64. The molecule has 0 radical (unpaired) electrons. The average molecular weight is 192 g/mol. The second kappa shape index (κ2) is 9.92. The lowest BCUT2D eigenvalue weighted by Crippen LogP contribution is -2.16. The van der Waals surface area contributed by atoms with Gasteiger partial charge in [-0.3, -0.25) is 0 Å². The average Bonchev–Trinajstić information content (AvgIpc) is 2.16. The zero-order chi connectivity index (χ0) is 9.94. The second-order valence-corrected chi connectivity index (χ2v) is 2.74. The number of aliphatic hydroxyl groups excluding tert-OH is 1. The van der Waals surface area contributed by atoms with Crippen LogP contribution in [0, 0.1) is 0 Å². The standard InChI is InChI=1S/C9H20O4/c1-3-9(10)8-13-7-6-12-5-4-11-2/h9-10H,3-8H2,1-2H3/t9-/m0/s1. The molecule has 0 heterocycles. The Bertz CT molecular complexity index is 97.6. The molecule has 1 N–H and O–H groups in total. The Labute approximate surface area is 79.8 Å². The van der Waals surface area contributed by atoms with Crippen LogP contribution in [0.3, 0.4) is 0 Å². The molecule has 13 heavy (non-hydrogen) atoms. The van der Waals surface area contributed by atoms with Crippen LogP contribution in [-0.4, -0.2) is 51.4 Å². The van der Waals surface area contributed by atoms with Gasteiger partial charge in [-0.2, -0.15) is 0 Å². The van der Waals surface area contributed by atoms with Crippen LogP contribution in [0.1, 0.15) is 13.3 Å². The Kier molecular flexibility index (Phi) is 9.80. The van der Waals surface area contributed by atoms with Crippen molar-refractivity contribution in [3.63, 3.8) is 0 Å². The number of hydrogen-bond donors (Lipinski definition) is 1. The first-order valence-corrected chi connectivity index (χ1v) is 4.63. The quantitative estimate of drug-likeness (QED) is 0.538. The number of ether oxygens (including phenoxy) is 3. The fourth-order valence-electron chi connectivity index (χ4n) is 0.699. The molecule has 0 aromatic carbocycles. The van der Waals surface area contributed by atoms with Gasteiger partial charge in [0.15, 0.2) is 0 Å². The van der Waals surface area contributed by atoms with Crippen molar-refractivity contribution in [3.8, 4) is 0 Å². The van der Waals surface area contributed by atoms with Crippen molar-refractivity contribution < 1.29 is 19.3 Å². The third kappa shape index (κ3) is 9.76. The maximum absolute atomic E-state index is 9.11. The molecule has 0 unspecified atom stereocenters. The van der Waals surface area contributed by atoms with E-state index in [-0.39, 0.29) is 6.10 Å². The van der Waals surface area contributed by atoms with Gasteiger partial charge in [0.05, 0.1) is 39.1 Å². The van der Waals surface area contributed by atoms with E-state index in [4.69, 9.17) is 19.3 Å². The summed E-state index contributed by atoms with van der Waals surface area (Å²) >= 11 is 0. The molecule has 0 fully saturated rings. The van der Waals surface area contributed by atoms with Gasteiger partial charge in [-0.15, -0.1) is 0 Å². The Morgan fingerprint density at radius 3 is 2.31 bits per heavy atom. The zero-order valence-corrected chi connectivity index (χ0v) is 8.49. The SMILES string of the molecule is CC[C@H](O)COCCOCCOC. The summed E-state index contributed by atoms with van der Waals surface area (Å²) in [5, 5.41) is 9.11. The van der Waals surface area contributed by atoms with E-state index in [2.05, 4.69) is 0 Å². The number of rotatable bonds is 9.